The van der Waals surface area contributed by atoms with Crippen LogP contribution in [0.3, 0.4) is 0 Å². The van der Waals surface area contributed by atoms with Crippen LogP contribution in [0.2, 0.25) is 10.0 Å². The maximum Gasteiger partial charge on any atom is 0.246 e. The summed E-state index contributed by atoms with van der Waals surface area (Å²) in [5.74, 6) is 1.03. The van der Waals surface area contributed by atoms with Crippen LogP contribution in [0.1, 0.15) is 18.4 Å². The summed E-state index contributed by atoms with van der Waals surface area (Å²) < 4.78 is 0. The van der Waals surface area contributed by atoms with Crippen molar-refractivity contribution >= 4 is 29.1 Å². The lowest BCUT2D eigenvalue weighted by Gasteiger charge is -2.34. The predicted octanol–water partition coefficient (Wildman–Crippen LogP) is 3.65. The van der Waals surface area contributed by atoms with Crippen LogP contribution in [0, 0.1) is 5.92 Å². The lowest BCUT2D eigenvalue weighted by atomic mass is 10.1. The van der Waals surface area contributed by atoms with Gasteiger partial charge in [-0.1, -0.05) is 35.3 Å². The number of benzene rings is 1. The van der Waals surface area contributed by atoms with Crippen molar-refractivity contribution in [2.75, 3.05) is 32.7 Å². The quantitative estimate of drug-likeness (QED) is 0.755. The van der Waals surface area contributed by atoms with Gasteiger partial charge in [0.15, 0.2) is 0 Å². The molecule has 1 aliphatic heterocycles. The lowest BCUT2D eigenvalue weighted by molar-refractivity contribution is -0.127. The Morgan fingerprint density at radius 3 is 2.52 bits per heavy atom. The highest BCUT2D eigenvalue weighted by atomic mass is 35.5. The molecule has 1 saturated carbocycles. The van der Waals surface area contributed by atoms with Gasteiger partial charge in [-0.25, -0.2) is 0 Å². The summed E-state index contributed by atoms with van der Waals surface area (Å²) in [6.45, 7) is 4.90. The average Bonchev–Trinajstić information content (AvgIpc) is 3.35. The molecule has 1 aromatic carbocycles. The maximum atomic E-state index is 12.2. The van der Waals surface area contributed by atoms with Crippen LogP contribution < -0.4 is 0 Å². The zero-order valence-corrected chi connectivity index (χ0v) is 14.7. The number of halogens is 2. The number of allylic oxidation sites excluding steroid dienone is 1. The first-order chi connectivity index (χ1) is 11.1. The van der Waals surface area contributed by atoms with E-state index < -0.39 is 0 Å². The van der Waals surface area contributed by atoms with E-state index in [9.17, 15) is 4.79 Å². The van der Waals surface area contributed by atoms with E-state index in [1.807, 2.05) is 23.1 Å². The fraction of sp³-hybridized carbons (Fsp3) is 0.500. The van der Waals surface area contributed by atoms with Gasteiger partial charge in [0.25, 0.3) is 0 Å². The van der Waals surface area contributed by atoms with E-state index in [1.54, 1.807) is 12.1 Å². The molecule has 1 amide bonds. The van der Waals surface area contributed by atoms with Gasteiger partial charge in [0.2, 0.25) is 5.91 Å². The largest absolute Gasteiger partial charge is 0.337 e. The highest BCUT2D eigenvalue weighted by molar-refractivity contribution is 6.42. The van der Waals surface area contributed by atoms with E-state index in [2.05, 4.69) is 4.90 Å². The highest BCUT2D eigenvalue weighted by Crippen LogP contribution is 2.29. The van der Waals surface area contributed by atoms with Gasteiger partial charge >= 0.3 is 0 Å². The van der Waals surface area contributed by atoms with Crippen LogP contribution in [0.4, 0.5) is 0 Å². The van der Waals surface area contributed by atoms with E-state index in [0.717, 1.165) is 37.7 Å². The summed E-state index contributed by atoms with van der Waals surface area (Å²) in [7, 11) is 0. The van der Waals surface area contributed by atoms with Crippen molar-refractivity contribution in [1.82, 2.24) is 9.80 Å². The molecule has 0 bridgehead atoms. The van der Waals surface area contributed by atoms with Crippen LogP contribution >= 0.6 is 23.2 Å². The fourth-order valence-electron chi connectivity index (χ4n) is 2.88. The van der Waals surface area contributed by atoms with Gasteiger partial charge in [0.05, 0.1) is 10.0 Å². The van der Waals surface area contributed by atoms with E-state index in [-0.39, 0.29) is 5.91 Å². The molecule has 5 heteroatoms. The summed E-state index contributed by atoms with van der Waals surface area (Å²) in [4.78, 5) is 16.7. The summed E-state index contributed by atoms with van der Waals surface area (Å²) >= 11 is 11.9. The maximum absolute atomic E-state index is 12.2. The molecule has 1 aliphatic carbocycles. The molecule has 2 aliphatic rings. The van der Waals surface area contributed by atoms with E-state index in [4.69, 9.17) is 23.2 Å². The molecule has 3 nitrogen and oxygen atoms in total. The third kappa shape index (κ3) is 4.97. The molecule has 0 atom stereocenters. The molecular weight excluding hydrogens is 331 g/mol. The second-order valence-corrected chi connectivity index (χ2v) is 7.24. The third-order valence-corrected chi connectivity index (χ3v) is 5.23. The predicted molar refractivity (Wildman–Crippen MR) is 95.1 cm³/mol. The molecule has 0 aromatic heterocycles. The number of hydrogen-bond acceptors (Lipinski definition) is 2. The van der Waals surface area contributed by atoms with Crippen molar-refractivity contribution in [3.63, 3.8) is 0 Å². The Morgan fingerprint density at radius 1 is 1.13 bits per heavy atom. The molecule has 23 heavy (non-hydrogen) atoms. The normalized spacial score (nSPS) is 19.5. The van der Waals surface area contributed by atoms with Gasteiger partial charge in [0, 0.05) is 32.7 Å². The molecule has 124 valence electrons. The smallest absolute Gasteiger partial charge is 0.246 e. The summed E-state index contributed by atoms with van der Waals surface area (Å²) in [6, 6.07) is 5.56. The molecule has 0 radical (unpaired) electrons. The highest BCUT2D eigenvalue weighted by Gasteiger charge is 2.27. The Morgan fingerprint density at radius 2 is 1.87 bits per heavy atom. The number of amides is 1. The summed E-state index contributed by atoms with van der Waals surface area (Å²) in [5.41, 5.74) is 1.05. The minimum Gasteiger partial charge on any atom is -0.337 e. The number of hydrogen-bond donors (Lipinski definition) is 0. The van der Waals surface area contributed by atoms with Gasteiger partial charge < -0.3 is 4.90 Å². The van der Waals surface area contributed by atoms with Crippen LogP contribution in [0.5, 0.6) is 0 Å². The SMILES string of the molecule is O=C(C=CCc1ccc(Cl)c(Cl)c1)N1CCN(CC2CC2)CC1. The summed E-state index contributed by atoms with van der Waals surface area (Å²) in [5, 5.41) is 1.11. The molecule has 1 heterocycles. The van der Waals surface area contributed by atoms with Gasteiger partial charge in [-0.3, -0.25) is 9.69 Å². The van der Waals surface area contributed by atoms with Gasteiger partial charge in [-0.2, -0.15) is 0 Å². The molecule has 1 aromatic rings. The lowest BCUT2D eigenvalue weighted by Crippen LogP contribution is -2.48. The minimum atomic E-state index is 0.108. The third-order valence-electron chi connectivity index (χ3n) is 4.50. The standard InChI is InChI=1S/C18H22Cl2N2O/c19-16-7-6-14(12-17(16)20)2-1-3-18(23)22-10-8-21(9-11-22)13-15-4-5-15/h1,3,6-7,12,15H,2,4-5,8-11,13H2. The molecular formula is C18H22Cl2N2O. The molecule has 0 unspecified atom stereocenters. The molecule has 3 rings (SSSR count). The monoisotopic (exact) mass is 352 g/mol. The number of piperazine rings is 1. The van der Waals surface area contributed by atoms with Crippen LogP contribution in [0.15, 0.2) is 30.4 Å². The molecule has 2 fully saturated rings. The fourth-order valence-corrected chi connectivity index (χ4v) is 3.20. The number of rotatable bonds is 5. The zero-order chi connectivity index (χ0) is 16.2. The van der Waals surface area contributed by atoms with Gasteiger partial charge in [-0.05, 0) is 49.0 Å². The Balaban J connectivity index is 1.44. The first kappa shape index (κ1) is 16.8. The van der Waals surface area contributed by atoms with Crippen LogP contribution in [-0.4, -0.2) is 48.4 Å². The Bertz CT molecular complexity index is 591. The molecule has 1 saturated heterocycles. The Hall–Kier alpha value is -1.03. The van der Waals surface area contributed by atoms with E-state index in [1.165, 1.54) is 19.4 Å². The first-order valence-electron chi connectivity index (χ1n) is 8.23. The molecule has 0 spiro atoms. The van der Waals surface area contributed by atoms with Gasteiger partial charge in [0.1, 0.15) is 0 Å². The van der Waals surface area contributed by atoms with E-state index >= 15 is 0 Å². The topological polar surface area (TPSA) is 23.6 Å². The second-order valence-electron chi connectivity index (χ2n) is 6.42. The Kier molecular flexibility index (Phi) is 5.62. The van der Waals surface area contributed by atoms with Crippen molar-refractivity contribution in [3.8, 4) is 0 Å². The first-order valence-corrected chi connectivity index (χ1v) is 8.99. The number of carbonyl (C=O) groups is 1. The van der Waals surface area contributed by atoms with Crippen LogP contribution in [0.25, 0.3) is 0 Å². The minimum absolute atomic E-state index is 0.108. The molecule has 0 N–H and O–H groups in total. The average molecular weight is 353 g/mol. The van der Waals surface area contributed by atoms with Crippen molar-refractivity contribution in [3.05, 3.63) is 46.0 Å². The number of nitrogens with zero attached hydrogens (tertiary/aromatic N) is 2. The zero-order valence-electron chi connectivity index (χ0n) is 13.2. The number of carbonyl (C=O) groups excluding carboxylic acids is 1. The van der Waals surface area contributed by atoms with Crippen molar-refractivity contribution in [1.29, 1.82) is 0 Å². The van der Waals surface area contributed by atoms with Crippen molar-refractivity contribution in [2.24, 2.45) is 5.92 Å². The summed E-state index contributed by atoms with van der Waals surface area (Å²) in [6.07, 6.45) is 7.04. The van der Waals surface area contributed by atoms with Crippen molar-refractivity contribution in [2.45, 2.75) is 19.3 Å². The van der Waals surface area contributed by atoms with Gasteiger partial charge in [-0.15, -0.1) is 0 Å². The Labute approximate surface area is 147 Å². The van der Waals surface area contributed by atoms with Crippen LogP contribution in [-0.2, 0) is 11.2 Å². The van der Waals surface area contributed by atoms with E-state index in [0.29, 0.717) is 16.5 Å². The van der Waals surface area contributed by atoms with Crippen molar-refractivity contribution < 1.29 is 4.79 Å². The second kappa shape index (κ2) is 7.69.